The van der Waals surface area contributed by atoms with Gasteiger partial charge in [0, 0.05) is 68.0 Å². The summed E-state index contributed by atoms with van der Waals surface area (Å²) in [4.78, 5) is 27.3. The van der Waals surface area contributed by atoms with E-state index >= 15 is 0 Å². The molecule has 1 aliphatic heterocycles. The zero-order valence-electron chi connectivity index (χ0n) is 33.4. The molecule has 5 heterocycles. The van der Waals surface area contributed by atoms with Crippen molar-refractivity contribution >= 4 is 11.8 Å². The van der Waals surface area contributed by atoms with Crippen LogP contribution < -0.4 is 0 Å². The third-order valence-corrected chi connectivity index (χ3v) is 13.3. The number of fused-ring (bicyclic) bond motifs is 9. The van der Waals surface area contributed by atoms with Crippen LogP contribution in [0.15, 0.2) is 223 Å². The van der Waals surface area contributed by atoms with Gasteiger partial charge in [0.05, 0.1) is 28.2 Å². The highest BCUT2D eigenvalue weighted by Crippen LogP contribution is 2.63. The largest absolute Gasteiger partial charge is 0.264 e. The predicted molar refractivity (Wildman–Crippen MR) is 249 cm³/mol. The minimum Gasteiger partial charge on any atom is -0.264 e. The van der Waals surface area contributed by atoms with Crippen LogP contribution in [0.4, 0.5) is 0 Å². The molecule has 0 bridgehead atoms. The second kappa shape index (κ2) is 14.7. The Morgan fingerprint density at radius 1 is 0.339 bits per heavy atom. The van der Waals surface area contributed by atoms with Crippen LogP contribution >= 0.6 is 11.8 Å². The van der Waals surface area contributed by atoms with Crippen LogP contribution in [0.1, 0.15) is 22.3 Å². The lowest BCUT2D eigenvalue weighted by molar-refractivity contribution is 0.722. The van der Waals surface area contributed by atoms with E-state index in [0.29, 0.717) is 5.82 Å². The molecule has 0 saturated carbocycles. The minimum atomic E-state index is -0.633. The Morgan fingerprint density at radius 3 is 1.45 bits per heavy atom. The Bertz CT molecular complexity index is 3220. The number of hydrogen-bond donors (Lipinski definition) is 0. The van der Waals surface area contributed by atoms with Crippen molar-refractivity contribution in [2.45, 2.75) is 15.2 Å². The molecule has 0 fully saturated rings. The summed E-state index contributed by atoms with van der Waals surface area (Å²) in [6.45, 7) is 0. The number of aromatic nitrogens is 5. The summed E-state index contributed by atoms with van der Waals surface area (Å²) >= 11 is 1.85. The molecule has 0 saturated heterocycles. The maximum absolute atomic E-state index is 5.30. The van der Waals surface area contributed by atoms with Crippen LogP contribution in [0.25, 0.3) is 78.7 Å². The normalized spacial score (nSPS) is 12.9. The van der Waals surface area contributed by atoms with E-state index in [1.165, 1.54) is 43.2 Å². The topological polar surface area (TPSA) is 64.5 Å². The van der Waals surface area contributed by atoms with Crippen LogP contribution in [-0.4, -0.2) is 24.9 Å². The monoisotopic (exact) mass is 809 g/mol. The molecule has 6 aromatic carbocycles. The van der Waals surface area contributed by atoms with Gasteiger partial charge in [-0.15, -0.1) is 0 Å². The van der Waals surface area contributed by atoms with Crippen molar-refractivity contribution in [1.29, 1.82) is 0 Å². The molecule has 0 radical (unpaired) electrons. The summed E-state index contributed by atoms with van der Waals surface area (Å²) in [6.07, 6.45) is 7.35. The molecule has 62 heavy (non-hydrogen) atoms. The second-order valence-electron chi connectivity index (χ2n) is 15.6. The predicted octanol–water partition coefficient (Wildman–Crippen LogP) is 13.5. The number of hydrogen-bond acceptors (Lipinski definition) is 6. The fraction of sp³-hybridized carbons (Fsp3) is 0.0179. The summed E-state index contributed by atoms with van der Waals surface area (Å²) in [5.74, 6) is 0.687. The van der Waals surface area contributed by atoms with Gasteiger partial charge in [-0.1, -0.05) is 139 Å². The molecule has 2 aliphatic rings. The van der Waals surface area contributed by atoms with Crippen LogP contribution in [0.5, 0.6) is 0 Å². The lowest BCUT2D eigenvalue weighted by atomic mass is 9.67. The zero-order chi connectivity index (χ0) is 41.0. The molecule has 290 valence electrons. The first-order valence-corrected chi connectivity index (χ1v) is 21.5. The molecule has 10 aromatic rings. The third-order valence-electron chi connectivity index (χ3n) is 12.2. The van der Waals surface area contributed by atoms with Gasteiger partial charge in [0.25, 0.3) is 0 Å². The molecule has 1 spiro atoms. The lowest BCUT2D eigenvalue weighted by Crippen LogP contribution is -2.32. The Balaban J connectivity index is 1.11. The van der Waals surface area contributed by atoms with Gasteiger partial charge in [-0.3, -0.25) is 9.97 Å². The van der Waals surface area contributed by atoms with Crippen LogP contribution in [-0.2, 0) is 5.41 Å². The second-order valence-corrected chi connectivity index (χ2v) is 16.7. The van der Waals surface area contributed by atoms with Gasteiger partial charge in [-0.05, 0) is 99.6 Å². The average Bonchev–Trinajstić information content (AvgIpc) is 3.64. The highest BCUT2D eigenvalue weighted by atomic mass is 32.2. The summed E-state index contributed by atoms with van der Waals surface area (Å²) < 4.78 is 0. The molecule has 1 aliphatic carbocycles. The molecule has 4 aromatic heterocycles. The maximum atomic E-state index is 5.30. The van der Waals surface area contributed by atoms with E-state index in [-0.39, 0.29) is 0 Å². The van der Waals surface area contributed by atoms with E-state index in [1.807, 2.05) is 54.5 Å². The van der Waals surface area contributed by atoms with Crippen molar-refractivity contribution in [3.63, 3.8) is 0 Å². The van der Waals surface area contributed by atoms with Crippen molar-refractivity contribution in [2.24, 2.45) is 0 Å². The number of pyridine rings is 3. The SMILES string of the molecule is c1ccc(-c2cc(-c3ccccc3)nc(-c3ccc4c(c3)C3(c5ccccc5Sc5ccccc53)c3cc(-c5ccc(-c6cccnc6)nc5-c5cccnc5)ccc3-4)n2)cc1. The summed E-state index contributed by atoms with van der Waals surface area (Å²) in [5.41, 5.74) is 17.3. The van der Waals surface area contributed by atoms with Gasteiger partial charge in [-0.25, -0.2) is 15.0 Å². The van der Waals surface area contributed by atoms with Gasteiger partial charge < -0.3 is 0 Å². The van der Waals surface area contributed by atoms with Crippen molar-refractivity contribution in [3.8, 4) is 78.7 Å². The lowest BCUT2D eigenvalue weighted by Gasteiger charge is -2.40. The summed E-state index contributed by atoms with van der Waals surface area (Å²) in [5, 5.41) is 0. The molecule has 0 atom stereocenters. The smallest absolute Gasteiger partial charge is 0.160 e. The van der Waals surface area contributed by atoms with Crippen LogP contribution in [0.3, 0.4) is 0 Å². The van der Waals surface area contributed by atoms with E-state index in [9.17, 15) is 0 Å². The van der Waals surface area contributed by atoms with Crippen molar-refractivity contribution in [1.82, 2.24) is 24.9 Å². The Kier molecular flexibility index (Phi) is 8.57. The third kappa shape index (κ3) is 5.83. The van der Waals surface area contributed by atoms with E-state index in [4.69, 9.17) is 15.0 Å². The molecule has 6 heteroatoms. The van der Waals surface area contributed by atoms with Gasteiger partial charge in [0.2, 0.25) is 0 Å². The minimum absolute atomic E-state index is 0.633. The van der Waals surface area contributed by atoms with E-state index < -0.39 is 5.41 Å². The van der Waals surface area contributed by atoms with Gasteiger partial charge in [0.15, 0.2) is 5.82 Å². The highest BCUT2D eigenvalue weighted by Gasteiger charge is 2.50. The standard InChI is InChI=1S/C56H35N5S/c1-3-13-36(14-4-1)50-33-51(37-15-5-2-6-16-37)61-55(60-50)39-24-26-44-43-25-23-38(42-27-28-49(40-17-11-29-57-34-40)59-54(42)41-18-12-30-58-35-41)31-47(43)56(48(44)32-39)45-19-7-9-21-52(45)62-53-22-10-8-20-46(53)56/h1-35H. The fourth-order valence-electron chi connectivity index (χ4n) is 9.39. The molecule has 0 unspecified atom stereocenters. The Hall–Kier alpha value is -7.80. The number of nitrogens with zero attached hydrogens (tertiary/aromatic N) is 5. The number of benzene rings is 6. The first kappa shape index (κ1) is 36.1. The van der Waals surface area contributed by atoms with Gasteiger partial charge in [-0.2, -0.15) is 0 Å². The zero-order valence-corrected chi connectivity index (χ0v) is 34.2. The van der Waals surface area contributed by atoms with Crippen LogP contribution in [0.2, 0.25) is 0 Å². The van der Waals surface area contributed by atoms with Crippen molar-refractivity contribution in [2.75, 3.05) is 0 Å². The molecular formula is C56H35N5S. The van der Waals surface area contributed by atoms with Crippen molar-refractivity contribution < 1.29 is 0 Å². The Labute approximate surface area is 364 Å². The van der Waals surface area contributed by atoms with Crippen LogP contribution in [0, 0.1) is 0 Å². The molecule has 5 nitrogen and oxygen atoms in total. The fourth-order valence-corrected chi connectivity index (χ4v) is 10.6. The summed E-state index contributed by atoms with van der Waals surface area (Å²) in [7, 11) is 0. The van der Waals surface area contributed by atoms with E-state index in [1.54, 1.807) is 12.4 Å². The molecular weight excluding hydrogens is 775 g/mol. The first-order chi connectivity index (χ1) is 30.7. The molecule has 0 amide bonds. The quantitative estimate of drug-likeness (QED) is 0.167. The average molecular weight is 810 g/mol. The van der Waals surface area contributed by atoms with E-state index in [2.05, 4.69) is 168 Å². The Morgan fingerprint density at radius 2 is 0.855 bits per heavy atom. The van der Waals surface area contributed by atoms with E-state index in [0.717, 1.165) is 61.7 Å². The highest BCUT2D eigenvalue weighted by molar-refractivity contribution is 7.99. The number of rotatable bonds is 6. The maximum Gasteiger partial charge on any atom is 0.160 e. The molecule has 0 N–H and O–H groups in total. The molecule has 12 rings (SSSR count). The van der Waals surface area contributed by atoms with Gasteiger partial charge >= 0.3 is 0 Å². The van der Waals surface area contributed by atoms with Gasteiger partial charge in [0.1, 0.15) is 0 Å². The first-order valence-electron chi connectivity index (χ1n) is 20.7. The van der Waals surface area contributed by atoms with Crippen molar-refractivity contribution in [3.05, 3.63) is 235 Å². The summed E-state index contributed by atoms with van der Waals surface area (Å²) in [6, 6.07) is 66.9.